The van der Waals surface area contributed by atoms with Gasteiger partial charge < -0.3 is 4.84 Å². The molecule has 3 rings (SSSR count). The third-order valence-electron chi connectivity index (χ3n) is 3.90. The molecule has 0 aliphatic heterocycles. The molecular formula is C20H12Cl3F3N2O. The number of alkyl halides is 3. The van der Waals surface area contributed by atoms with E-state index in [2.05, 4.69) is 10.1 Å². The van der Waals surface area contributed by atoms with E-state index in [1.807, 2.05) is 0 Å². The number of benzene rings is 2. The Hall–Kier alpha value is -2.28. The molecule has 29 heavy (non-hydrogen) atoms. The predicted octanol–water partition coefficient (Wildman–Crippen LogP) is 7.28. The minimum atomic E-state index is -4.50. The van der Waals surface area contributed by atoms with Crippen molar-refractivity contribution in [2.45, 2.75) is 12.8 Å². The summed E-state index contributed by atoms with van der Waals surface area (Å²) in [6, 6.07) is 12.8. The first-order valence-electron chi connectivity index (χ1n) is 8.17. The van der Waals surface area contributed by atoms with Crippen molar-refractivity contribution in [1.29, 1.82) is 0 Å². The van der Waals surface area contributed by atoms with E-state index in [0.717, 1.165) is 12.3 Å². The zero-order valence-corrected chi connectivity index (χ0v) is 16.8. The van der Waals surface area contributed by atoms with Crippen LogP contribution in [0.3, 0.4) is 0 Å². The first-order valence-corrected chi connectivity index (χ1v) is 9.30. The Balaban J connectivity index is 1.67. The van der Waals surface area contributed by atoms with E-state index in [0.29, 0.717) is 26.7 Å². The quantitative estimate of drug-likeness (QED) is 0.297. The lowest BCUT2D eigenvalue weighted by molar-refractivity contribution is -0.137. The standard InChI is InChI=1S/C20H12Cl3F3N2O/c21-16-2-1-3-17(22)15(16)11-29-28-9-12-4-6-13(7-5-12)19-18(23)8-14(10-27-19)20(24,25)26/h1-10H,11H2/b28-9-. The minimum absolute atomic E-state index is 0.0822. The molecule has 0 atom stereocenters. The molecule has 3 aromatic rings. The summed E-state index contributed by atoms with van der Waals surface area (Å²) in [7, 11) is 0. The molecule has 0 aliphatic carbocycles. The van der Waals surface area contributed by atoms with Gasteiger partial charge in [-0.05, 0) is 23.8 Å². The van der Waals surface area contributed by atoms with Crippen LogP contribution in [0.1, 0.15) is 16.7 Å². The molecule has 0 radical (unpaired) electrons. The average Bonchev–Trinajstić information content (AvgIpc) is 2.67. The predicted molar refractivity (Wildman–Crippen MR) is 109 cm³/mol. The van der Waals surface area contributed by atoms with Gasteiger partial charge in [0.2, 0.25) is 0 Å². The Morgan fingerprint density at radius 2 is 1.62 bits per heavy atom. The van der Waals surface area contributed by atoms with E-state index in [1.165, 1.54) is 6.21 Å². The van der Waals surface area contributed by atoms with E-state index in [4.69, 9.17) is 39.6 Å². The minimum Gasteiger partial charge on any atom is -0.391 e. The van der Waals surface area contributed by atoms with Gasteiger partial charge in [0, 0.05) is 27.4 Å². The number of halogens is 6. The van der Waals surface area contributed by atoms with E-state index < -0.39 is 11.7 Å². The average molecular weight is 460 g/mol. The maximum Gasteiger partial charge on any atom is 0.417 e. The van der Waals surface area contributed by atoms with Crippen molar-refractivity contribution >= 4 is 41.0 Å². The zero-order chi connectivity index (χ0) is 21.0. The summed E-state index contributed by atoms with van der Waals surface area (Å²) in [5.74, 6) is 0. The molecule has 1 aromatic heterocycles. The van der Waals surface area contributed by atoms with Crippen LogP contribution in [0.5, 0.6) is 0 Å². The molecule has 2 aromatic carbocycles. The Morgan fingerprint density at radius 1 is 0.966 bits per heavy atom. The number of aromatic nitrogens is 1. The van der Waals surface area contributed by atoms with E-state index in [-0.39, 0.29) is 17.3 Å². The molecule has 9 heteroatoms. The topological polar surface area (TPSA) is 34.5 Å². The largest absolute Gasteiger partial charge is 0.417 e. The molecule has 0 saturated heterocycles. The Labute approximate surface area is 179 Å². The van der Waals surface area contributed by atoms with E-state index in [1.54, 1.807) is 42.5 Å². The SMILES string of the molecule is FC(F)(F)c1cnc(-c2ccc(/C=N\OCc3c(Cl)cccc3Cl)cc2)c(Cl)c1. The number of nitrogens with zero attached hydrogens (tertiary/aromatic N) is 2. The van der Waals surface area contributed by atoms with Crippen molar-refractivity contribution in [2.75, 3.05) is 0 Å². The van der Waals surface area contributed by atoms with Gasteiger partial charge in [-0.25, -0.2) is 0 Å². The second kappa shape index (κ2) is 9.03. The first kappa shape index (κ1) is 21.4. The summed E-state index contributed by atoms with van der Waals surface area (Å²) in [6.45, 7) is 0.109. The van der Waals surface area contributed by atoms with Crippen molar-refractivity contribution in [3.8, 4) is 11.3 Å². The Bertz CT molecular complexity index is 1020. The number of hydrogen-bond acceptors (Lipinski definition) is 3. The summed E-state index contributed by atoms with van der Waals surface area (Å²) in [4.78, 5) is 9.06. The Kier molecular flexibility index (Phi) is 6.67. The summed E-state index contributed by atoms with van der Waals surface area (Å²) < 4.78 is 38.1. The highest BCUT2D eigenvalue weighted by molar-refractivity contribution is 6.36. The molecule has 3 nitrogen and oxygen atoms in total. The lowest BCUT2D eigenvalue weighted by atomic mass is 10.1. The van der Waals surface area contributed by atoms with Gasteiger partial charge in [-0.2, -0.15) is 13.2 Å². The van der Waals surface area contributed by atoms with Crippen molar-refractivity contribution < 1.29 is 18.0 Å². The van der Waals surface area contributed by atoms with Crippen LogP contribution in [-0.2, 0) is 17.6 Å². The number of oxime groups is 1. The maximum atomic E-state index is 12.7. The lowest BCUT2D eigenvalue weighted by Gasteiger charge is -2.09. The summed E-state index contributed by atoms with van der Waals surface area (Å²) in [5, 5.41) is 4.75. The highest BCUT2D eigenvalue weighted by Gasteiger charge is 2.31. The fourth-order valence-electron chi connectivity index (χ4n) is 2.40. The molecule has 0 amide bonds. The number of hydrogen-bond donors (Lipinski definition) is 0. The Morgan fingerprint density at radius 3 is 2.21 bits per heavy atom. The molecule has 0 fully saturated rings. The van der Waals surface area contributed by atoms with Crippen LogP contribution in [-0.4, -0.2) is 11.2 Å². The molecule has 1 heterocycles. The second-order valence-corrected chi connectivity index (χ2v) is 7.10. The number of pyridine rings is 1. The van der Waals surface area contributed by atoms with Gasteiger partial charge in [0.15, 0.2) is 0 Å². The van der Waals surface area contributed by atoms with E-state index in [9.17, 15) is 13.2 Å². The summed E-state index contributed by atoms with van der Waals surface area (Å²) in [5.41, 5.74) is 1.27. The summed E-state index contributed by atoms with van der Waals surface area (Å²) in [6.07, 6.45) is -2.26. The summed E-state index contributed by atoms with van der Waals surface area (Å²) >= 11 is 18.1. The molecule has 0 saturated carbocycles. The molecule has 0 N–H and O–H groups in total. The normalized spacial score (nSPS) is 11.8. The third-order valence-corrected chi connectivity index (χ3v) is 4.90. The monoisotopic (exact) mass is 458 g/mol. The van der Waals surface area contributed by atoms with Gasteiger partial charge in [0.1, 0.15) is 6.61 Å². The molecular weight excluding hydrogens is 448 g/mol. The number of rotatable bonds is 5. The molecule has 0 bridgehead atoms. The van der Waals surface area contributed by atoms with Crippen molar-refractivity contribution in [2.24, 2.45) is 5.16 Å². The zero-order valence-electron chi connectivity index (χ0n) is 14.6. The fourth-order valence-corrected chi connectivity index (χ4v) is 3.18. The van der Waals surface area contributed by atoms with Crippen LogP contribution in [0.15, 0.2) is 59.9 Å². The van der Waals surface area contributed by atoms with Gasteiger partial charge in [0.05, 0.1) is 22.5 Å². The second-order valence-electron chi connectivity index (χ2n) is 5.88. The lowest BCUT2D eigenvalue weighted by Crippen LogP contribution is -2.05. The van der Waals surface area contributed by atoms with Gasteiger partial charge in [-0.1, -0.05) is 70.3 Å². The van der Waals surface area contributed by atoms with Gasteiger partial charge in [-0.15, -0.1) is 0 Å². The van der Waals surface area contributed by atoms with Crippen LogP contribution >= 0.6 is 34.8 Å². The van der Waals surface area contributed by atoms with Crippen molar-refractivity contribution in [1.82, 2.24) is 4.98 Å². The van der Waals surface area contributed by atoms with Crippen LogP contribution < -0.4 is 0 Å². The highest BCUT2D eigenvalue weighted by Crippen LogP contribution is 2.34. The molecule has 150 valence electrons. The highest BCUT2D eigenvalue weighted by atomic mass is 35.5. The molecule has 0 spiro atoms. The smallest absolute Gasteiger partial charge is 0.391 e. The molecule has 0 aliphatic rings. The van der Waals surface area contributed by atoms with Gasteiger partial charge in [-0.3, -0.25) is 4.98 Å². The van der Waals surface area contributed by atoms with Gasteiger partial charge in [0.25, 0.3) is 0 Å². The third kappa shape index (κ3) is 5.41. The van der Waals surface area contributed by atoms with Crippen molar-refractivity contribution in [3.05, 3.63) is 86.5 Å². The maximum absolute atomic E-state index is 12.7. The van der Waals surface area contributed by atoms with Crippen LogP contribution in [0.4, 0.5) is 13.2 Å². The van der Waals surface area contributed by atoms with E-state index >= 15 is 0 Å². The van der Waals surface area contributed by atoms with Gasteiger partial charge >= 0.3 is 6.18 Å². The fraction of sp³-hybridized carbons (Fsp3) is 0.100. The van der Waals surface area contributed by atoms with Crippen molar-refractivity contribution in [3.63, 3.8) is 0 Å². The van der Waals surface area contributed by atoms with Crippen LogP contribution in [0, 0.1) is 0 Å². The van der Waals surface area contributed by atoms with Crippen LogP contribution in [0.25, 0.3) is 11.3 Å². The van der Waals surface area contributed by atoms with Crippen LogP contribution in [0.2, 0.25) is 15.1 Å². The molecule has 0 unspecified atom stereocenters. The first-order chi connectivity index (χ1) is 13.8.